The van der Waals surface area contributed by atoms with Crippen LogP contribution in [0, 0.1) is 0 Å². The number of amides is 1. The molecule has 0 aliphatic rings. The fourth-order valence-corrected chi connectivity index (χ4v) is 3.12. The standard InChI is InChI=1S/C22H22N2O6/c1-29-18-9-13(10-19(30-2)21(18)26)7-8-20(25)24-17(22(27)28)11-14-12-23-16-6-4-3-5-15(14)16/h3-10,12,17,23,26H,11H2,1-2H3,(H,24,25)(H,27,28)/b8-7+/t17-/m0/s1. The second-order valence-electron chi connectivity index (χ2n) is 6.57. The number of carboxylic acids is 1. The first-order valence-electron chi connectivity index (χ1n) is 9.14. The molecular weight excluding hydrogens is 388 g/mol. The van der Waals surface area contributed by atoms with Crippen molar-refractivity contribution in [2.24, 2.45) is 0 Å². The quantitative estimate of drug-likeness (QED) is 0.424. The van der Waals surface area contributed by atoms with Gasteiger partial charge in [-0.2, -0.15) is 0 Å². The topological polar surface area (TPSA) is 121 Å². The summed E-state index contributed by atoms with van der Waals surface area (Å²) in [5.74, 6) is -1.45. The zero-order chi connectivity index (χ0) is 21.7. The number of aromatic hydroxyl groups is 1. The number of methoxy groups -OCH3 is 2. The summed E-state index contributed by atoms with van der Waals surface area (Å²) >= 11 is 0. The molecule has 0 unspecified atom stereocenters. The highest BCUT2D eigenvalue weighted by molar-refractivity contribution is 5.95. The van der Waals surface area contributed by atoms with Crippen LogP contribution in [0.5, 0.6) is 17.2 Å². The minimum atomic E-state index is -1.13. The van der Waals surface area contributed by atoms with Crippen molar-refractivity contribution in [3.8, 4) is 17.2 Å². The lowest BCUT2D eigenvalue weighted by molar-refractivity contribution is -0.141. The summed E-state index contributed by atoms with van der Waals surface area (Å²) < 4.78 is 10.2. The third kappa shape index (κ3) is 4.54. The molecule has 8 heteroatoms. The van der Waals surface area contributed by atoms with Crippen LogP contribution in [0.1, 0.15) is 11.1 Å². The maximum absolute atomic E-state index is 12.3. The Hall–Kier alpha value is -3.94. The van der Waals surface area contributed by atoms with Crippen LogP contribution in [0.3, 0.4) is 0 Å². The highest BCUT2D eigenvalue weighted by Crippen LogP contribution is 2.37. The van der Waals surface area contributed by atoms with Crippen molar-refractivity contribution in [1.29, 1.82) is 0 Å². The number of fused-ring (bicyclic) bond motifs is 1. The maximum Gasteiger partial charge on any atom is 0.326 e. The number of H-pyrrole nitrogens is 1. The smallest absolute Gasteiger partial charge is 0.326 e. The van der Waals surface area contributed by atoms with Gasteiger partial charge in [-0.05, 0) is 35.4 Å². The first-order valence-corrected chi connectivity index (χ1v) is 9.14. The molecule has 0 bridgehead atoms. The number of para-hydroxylation sites is 1. The average Bonchev–Trinajstić information content (AvgIpc) is 3.15. The molecule has 156 valence electrons. The van der Waals surface area contributed by atoms with Crippen LogP contribution in [0.4, 0.5) is 0 Å². The lowest BCUT2D eigenvalue weighted by atomic mass is 10.0. The molecule has 3 rings (SSSR count). The lowest BCUT2D eigenvalue weighted by Gasteiger charge is -2.13. The highest BCUT2D eigenvalue weighted by Gasteiger charge is 2.21. The number of carbonyl (C=O) groups excluding carboxylic acids is 1. The molecule has 0 aliphatic heterocycles. The fraction of sp³-hybridized carbons (Fsp3) is 0.182. The Kier molecular flexibility index (Phi) is 6.26. The number of rotatable bonds is 8. The number of carbonyl (C=O) groups is 2. The van der Waals surface area contributed by atoms with Gasteiger partial charge in [0, 0.05) is 29.6 Å². The zero-order valence-corrected chi connectivity index (χ0v) is 16.5. The summed E-state index contributed by atoms with van der Waals surface area (Å²) in [6, 6.07) is 9.52. The normalized spacial score (nSPS) is 12.1. The van der Waals surface area contributed by atoms with Gasteiger partial charge in [-0.1, -0.05) is 18.2 Å². The van der Waals surface area contributed by atoms with Crippen LogP contribution in [0.25, 0.3) is 17.0 Å². The molecule has 0 saturated carbocycles. The van der Waals surface area contributed by atoms with Gasteiger partial charge in [-0.3, -0.25) is 4.79 Å². The number of nitrogens with one attached hydrogen (secondary N) is 2. The molecule has 1 amide bonds. The molecule has 1 aromatic heterocycles. The van der Waals surface area contributed by atoms with E-state index in [1.54, 1.807) is 6.20 Å². The molecule has 2 aromatic carbocycles. The molecule has 0 saturated heterocycles. The van der Waals surface area contributed by atoms with Crippen LogP contribution in [0.15, 0.2) is 48.7 Å². The molecule has 0 spiro atoms. The second kappa shape index (κ2) is 9.04. The third-order valence-electron chi connectivity index (χ3n) is 4.64. The summed E-state index contributed by atoms with van der Waals surface area (Å²) in [5.41, 5.74) is 2.24. The van der Waals surface area contributed by atoms with Crippen LogP contribution >= 0.6 is 0 Å². The molecular formula is C22H22N2O6. The first kappa shape index (κ1) is 20.8. The van der Waals surface area contributed by atoms with Crippen molar-refractivity contribution in [2.45, 2.75) is 12.5 Å². The molecule has 1 heterocycles. The fourth-order valence-electron chi connectivity index (χ4n) is 3.12. The van der Waals surface area contributed by atoms with Crippen LogP contribution in [0.2, 0.25) is 0 Å². The van der Waals surface area contributed by atoms with Gasteiger partial charge in [0.2, 0.25) is 11.7 Å². The van der Waals surface area contributed by atoms with E-state index in [4.69, 9.17) is 9.47 Å². The van der Waals surface area contributed by atoms with E-state index < -0.39 is 17.9 Å². The van der Waals surface area contributed by atoms with Gasteiger partial charge in [-0.15, -0.1) is 0 Å². The van der Waals surface area contributed by atoms with E-state index in [1.807, 2.05) is 24.3 Å². The maximum atomic E-state index is 12.3. The van der Waals surface area contributed by atoms with Gasteiger partial charge in [0.25, 0.3) is 0 Å². The Bertz CT molecular complexity index is 1080. The molecule has 0 aliphatic carbocycles. The number of aromatic amines is 1. The van der Waals surface area contributed by atoms with Gasteiger partial charge in [-0.25, -0.2) is 4.79 Å². The van der Waals surface area contributed by atoms with Gasteiger partial charge in [0.15, 0.2) is 11.5 Å². The van der Waals surface area contributed by atoms with Crippen molar-refractivity contribution in [1.82, 2.24) is 10.3 Å². The third-order valence-corrected chi connectivity index (χ3v) is 4.64. The second-order valence-corrected chi connectivity index (χ2v) is 6.57. The number of aromatic nitrogens is 1. The molecule has 0 radical (unpaired) electrons. The van der Waals surface area contributed by atoms with Gasteiger partial charge >= 0.3 is 5.97 Å². The van der Waals surface area contributed by atoms with Crippen molar-refractivity contribution in [3.63, 3.8) is 0 Å². The number of hydrogen-bond acceptors (Lipinski definition) is 5. The highest BCUT2D eigenvalue weighted by atomic mass is 16.5. The Morgan fingerprint density at radius 3 is 2.47 bits per heavy atom. The van der Waals surface area contributed by atoms with E-state index in [2.05, 4.69) is 10.3 Å². The summed E-state index contributed by atoms with van der Waals surface area (Å²) in [5, 5.41) is 22.9. The predicted octanol–water partition coefficient (Wildman–Crippen LogP) is 2.72. The molecule has 3 aromatic rings. The van der Waals surface area contributed by atoms with E-state index in [0.29, 0.717) is 5.56 Å². The molecule has 0 fully saturated rings. The van der Waals surface area contributed by atoms with Crippen LogP contribution in [-0.4, -0.2) is 47.3 Å². The van der Waals surface area contributed by atoms with Crippen LogP contribution in [-0.2, 0) is 16.0 Å². The number of benzene rings is 2. The number of ether oxygens (including phenoxy) is 2. The van der Waals surface area contributed by atoms with E-state index >= 15 is 0 Å². The number of phenolic OH excluding ortho intramolecular Hbond substituents is 1. The van der Waals surface area contributed by atoms with Crippen molar-refractivity contribution in [3.05, 3.63) is 59.8 Å². The molecule has 4 N–H and O–H groups in total. The van der Waals surface area contributed by atoms with Gasteiger partial charge in [0.1, 0.15) is 6.04 Å². The van der Waals surface area contributed by atoms with Gasteiger partial charge < -0.3 is 30.0 Å². The zero-order valence-electron chi connectivity index (χ0n) is 16.5. The van der Waals surface area contributed by atoms with Crippen molar-refractivity contribution < 1.29 is 29.3 Å². The van der Waals surface area contributed by atoms with E-state index in [0.717, 1.165) is 16.5 Å². The number of carboxylic acid groups (broad SMARTS) is 1. The average molecular weight is 410 g/mol. The number of phenols is 1. The Morgan fingerprint density at radius 2 is 1.83 bits per heavy atom. The summed E-state index contributed by atoms with van der Waals surface area (Å²) in [4.78, 5) is 27.1. The first-order chi connectivity index (χ1) is 14.4. The minimum Gasteiger partial charge on any atom is -0.502 e. The Labute approximate surface area is 172 Å². The predicted molar refractivity (Wildman–Crippen MR) is 112 cm³/mol. The largest absolute Gasteiger partial charge is 0.502 e. The van der Waals surface area contributed by atoms with Gasteiger partial charge in [0.05, 0.1) is 14.2 Å². The van der Waals surface area contributed by atoms with E-state index in [1.165, 1.54) is 38.5 Å². The number of hydrogen-bond donors (Lipinski definition) is 4. The monoisotopic (exact) mass is 410 g/mol. The Morgan fingerprint density at radius 1 is 1.17 bits per heavy atom. The molecule has 1 atom stereocenters. The van der Waals surface area contributed by atoms with E-state index in [-0.39, 0.29) is 23.7 Å². The van der Waals surface area contributed by atoms with Crippen molar-refractivity contribution in [2.75, 3.05) is 14.2 Å². The SMILES string of the molecule is COc1cc(/C=C/C(=O)N[C@@H](Cc2c[nH]c3ccccc23)C(=O)O)cc(OC)c1O. The number of aliphatic carboxylic acids is 1. The van der Waals surface area contributed by atoms with Crippen molar-refractivity contribution >= 4 is 28.9 Å². The lowest BCUT2D eigenvalue weighted by Crippen LogP contribution is -2.41. The molecule has 8 nitrogen and oxygen atoms in total. The summed E-state index contributed by atoms with van der Waals surface area (Å²) in [6.07, 6.45) is 4.58. The summed E-state index contributed by atoms with van der Waals surface area (Å²) in [7, 11) is 2.80. The Balaban J connectivity index is 1.73. The minimum absolute atomic E-state index is 0.139. The van der Waals surface area contributed by atoms with E-state index in [9.17, 15) is 19.8 Å². The molecule has 30 heavy (non-hydrogen) atoms. The van der Waals surface area contributed by atoms with Crippen LogP contribution < -0.4 is 14.8 Å². The summed E-state index contributed by atoms with van der Waals surface area (Å²) in [6.45, 7) is 0.